The van der Waals surface area contributed by atoms with Crippen LogP contribution in [-0.2, 0) is 0 Å². The molecule has 130 valence electrons. The van der Waals surface area contributed by atoms with Crippen LogP contribution >= 0.6 is 0 Å². The number of aromatic nitrogens is 1. The molecule has 0 atom stereocenters. The third kappa shape index (κ3) is 4.23. The Labute approximate surface area is 149 Å². The van der Waals surface area contributed by atoms with E-state index in [9.17, 15) is 9.18 Å². The predicted octanol–water partition coefficient (Wildman–Crippen LogP) is 3.53. The van der Waals surface area contributed by atoms with Gasteiger partial charge in [-0.05, 0) is 24.3 Å². The number of para-hydroxylation sites is 1. The maximum atomic E-state index is 13.2. The number of hydrogen-bond acceptors (Lipinski definition) is 5. The van der Waals surface area contributed by atoms with Gasteiger partial charge in [0.15, 0.2) is 5.82 Å². The maximum Gasteiger partial charge on any atom is 0.254 e. The van der Waals surface area contributed by atoms with Crippen molar-refractivity contribution >= 4 is 29.3 Å². The Hall–Kier alpha value is -3.70. The predicted molar refractivity (Wildman–Crippen MR) is 100 cm³/mol. The third-order valence-corrected chi connectivity index (χ3v) is 3.45. The molecular formula is C19H16FN5O. The lowest BCUT2D eigenvalue weighted by Gasteiger charge is -2.13. The summed E-state index contributed by atoms with van der Waals surface area (Å²) in [6.07, 6.45) is 5.21. The number of allylic oxidation sites excluding steroid dienone is 3. The van der Waals surface area contributed by atoms with E-state index in [2.05, 4.69) is 31.7 Å². The molecule has 0 bridgehead atoms. The highest BCUT2D eigenvalue weighted by Crippen LogP contribution is 2.24. The van der Waals surface area contributed by atoms with Gasteiger partial charge in [-0.15, -0.1) is 0 Å². The topological polar surface area (TPSA) is 78.4 Å². The minimum absolute atomic E-state index is 0.264. The lowest BCUT2D eigenvalue weighted by molar-refractivity contribution is 0.0963. The highest BCUT2D eigenvalue weighted by molar-refractivity contribution is 6.00. The van der Waals surface area contributed by atoms with E-state index in [4.69, 9.17) is 0 Å². The molecule has 0 aliphatic carbocycles. The highest BCUT2D eigenvalue weighted by Gasteiger charge is 2.13. The number of rotatable bonds is 5. The quantitative estimate of drug-likeness (QED) is 0.722. The summed E-state index contributed by atoms with van der Waals surface area (Å²) in [5.41, 5.74) is 4.59. The number of anilines is 3. The maximum absolute atomic E-state index is 13.2. The summed E-state index contributed by atoms with van der Waals surface area (Å²) in [6, 6.07) is 11.1. The molecule has 0 fully saturated rings. The van der Waals surface area contributed by atoms with E-state index in [0.717, 1.165) is 11.9 Å². The molecule has 0 spiro atoms. The van der Waals surface area contributed by atoms with Crippen molar-refractivity contribution in [2.45, 2.75) is 0 Å². The van der Waals surface area contributed by atoms with Crippen LogP contribution in [0.1, 0.15) is 10.4 Å². The van der Waals surface area contributed by atoms with Crippen molar-refractivity contribution in [1.82, 2.24) is 10.3 Å². The van der Waals surface area contributed by atoms with Crippen LogP contribution in [0.25, 0.3) is 0 Å². The Morgan fingerprint density at radius 3 is 2.77 bits per heavy atom. The van der Waals surface area contributed by atoms with Gasteiger partial charge in [-0.25, -0.2) is 14.4 Å². The number of amides is 1. The van der Waals surface area contributed by atoms with Gasteiger partial charge in [-0.3, -0.25) is 4.79 Å². The molecule has 1 aromatic carbocycles. The molecule has 0 radical (unpaired) electrons. The first-order valence-corrected chi connectivity index (χ1v) is 7.83. The van der Waals surface area contributed by atoms with Crippen LogP contribution in [0.4, 0.5) is 21.6 Å². The van der Waals surface area contributed by atoms with Gasteiger partial charge in [0.25, 0.3) is 5.91 Å². The van der Waals surface area contributed by atoms with Crippen molar-refractivity contribution in [3.63, 3.8) is 0 Å². The monoisotopic (exact) mass is 349 g/mol. The fraction of sp³-hybridized carbons (Fsp3) is 0.0526. The molecule has 0 saturated carbocycles. The Balaban J connectivity index is 1.91. The minimum Gasteiger partial charge on any atom is -0.355 e. The zero-order valence-electron chi connectivity index (χ0n) is 14.0. The minimum atomic E-state index is -0.469. The van der Waals surface area contributed by atoms with Crippen LogP contribution in [-0.4, -0.2) is 24.2 Å². The fourth-order valence-corrected chi connectivity index (χ4v) is 2.22. The zero-order valence-corrected chi connectivity index (χ0v) is 14.0. The molecule has 0 saturated heterocycles. The molecule has 6 nitrogen and oxygen atoms in total. The van der Waals surface area contributed by atoms with Crippen molar-refractivity contribution < 1.29 is 9.18 Å². The van der Waals surface area contributed by atoms with Crippen LogP contribution < -0.4 is 16.0 Å². The Morgan fingerprint density at radius 2 is 2.00 bits per heavy atom. The van der Waals surface area contributed by atoms with E-state index in [-0.39, 0.29) is 5.91 Å². The second-order valence-electron chi connectivity index (χ2n) is 5.28. The number of halogens is 1. The van der Waals surface area contributed by atoms with Crippen molar-refractivity contribution in [3.8, 4) is 0 Å². The van der Waals surface area contributed by atoms with Gasteiger partial charge in [0.1, 0.15) is 11.6 Å². The second kappa shape index (κ2) is 7.92. The van der Waals surface area contributed by atoms with Gasteiger partial charge in [0.05, 0.1) is 17.5 Å². The summed E-state index contributed by atoms with van der Waals surface area (Å²) >= 11 is 0. The molecule has 3 N–H and O–H groups in total. The third-order valence-electron chi connectivity index (χ3n) is 3.45. The van der Waals surface area contributed by atoms with E-state index in [1.54, 1.807) is 13.1 Å². The zero-order chi connectivity index (χ0) is 18.4. The molecule has 26 heavy (non-hydrogen) atoms. The number of nitrogens with zero attached hydrogens (tertiary/aromatic N) is 2. The van der Waals surface area contributed by atoms with Crippen LogP contribution in [0.5, 0.6) is 0 Å². The molecule has 1 aliphatic rings. The van der Waals surface area contributed by atoms with E-state index < -0.39 is 5.83 Å². The normalized spacial score (nSPS) is 12.7. The second-order valence-corrected chi connectivity index (χ2v) is 5.28. The number of benzene rings is 1. The van der Waals surface area contributed by atoms with Crippen molar-refractivity contribution in [1.29, 1.82) is 0 Å². The van der Waals surface area contributed by atoms with Gasteiger partial charge in [0.2, 0.25) is 0 Å². The number of carbonyl (C=O) groups is 1. The highest BCUT2D eigenvalue weighted by atomic mass is 19.1. The Morgan fingerprint density at radius 1 is 1.19 bits per heavy atom. The molecule has 1 amide bonds. The number of nitrogens with one attached hydrogen (secondary N) is 3. The summed E-state index contributed by atoms with van der Waals surface area (Å²) in [5, 5.41) is 8.73. The molecule has 3 rings (SSSR count). The molecule has 1 aliphatic heterocycles. The first-order chi connectivity index (χ1) is 12.7. The van der Waals surface area contributed by atoms with Crippen LogP contribution in [0.15, 0.2) is 77.1 Å². The van der Waals surface area contributed by atoms with Crippen molar-refractivity contribution in [2.75, 3.05) is 17.7 Å². The summed E-state index contributed by atoms with van der Waals surface area (Å²) in [7, 11) is 1.55. The smallest absolute Gasteiger partial charge is 0.254 e. The van der Waals surface area contributed by atoms with Gasteiger partial charge in [0, 0.05) is 25.0 Å². The molecular weight excluding hydrogens is 333 g/mol. The number of aliphatic imine (C=N–C) groups is 1. The van der Waals surface area contributed by atoms with Crippen molar-refractivity contribution in [3.05, 3.63) is 77.7 Å². The molecule has 0 unspecified atom stereocenters. The molecule has 7 heteroatoms. The van der Waals surface area contributed by atoms with E-state index in [1.807, 2.05) is 30.3 Å². The number of hydrogen-bond donors (Lipinski definition) is 3. The van der Waals surface area contributed by atoms with Gasteiger partial charge in [-0.2, -0.15) is 0 Å². The van der Waals surface area contributed by atoms with Crippen LogP contribution in [0.3, 0.4) is 0 Å². The number of pyridine rings is 1. The van der Waals surface area contributed by atoms with Gasteiger partial charge in [-0.1, -0.05) is 23.9 Å². The van der Waals surface area contributed by atoms with E-state index in [1.165, 1.54) is 18.3 Å². The summed E-state index contributed by atoms with van der Waals surface area (Å²) < 4.78 is 13.2. The molecule has 1 aromatic heterocycles. The summed E-state index contributed by atoms with van der Waals surface area (Å²) in [6.45, 7) is 0. The Bertz CT molecular complexity index is 944. The molecule has 2 aromatic rings. The average Bonchev–Trinajstić information content (AvgIpc) is 2.86. The lowest BCUT2D eigenvalue weighted by Crippen LogP contribution is -2.19. The number of carbonyl (C=O) groups excluding carboxylic acids is 1. The van der Waals surface area contributed by atoms with Crippen LogP contribution in [0, 0.1) is 0 Å². The fourth-order valence-electron chi connectivity index (χ4n) is 2.22. The standard InChI is InChI=1S/C19H16FN5O/c1-21-19(26)15-12-23-18(25-17-9-5-6-13(20)11-22-17)10-16(15)24-14-7-3-2-4-8-14/h2-8,10-12H,1H3,(H,21,26)(H2,23,24,25). The first-order valence-electron chi connectivity index (χ1n) is 7.83. The van der Waals surface area contributed by atoms with Crippen molar-refractivity contribution in [2.24, 2.45) is 4.99 Å². The van der Waals surface area contributed by atoms with E-state index >= 15 is 0 Å². The summed E-state index contributed by atoms with van der Waals surface area (Å²) in [4.78, 5) is 20.3. The largest absolute Gasteiger partial charge is 0.355 e. The summed E-state index contributed by atoms with van der Waals surface area (Å²) in [5.74, 6) is 0.00945. The van der Waals surface area contributed by atoms with Gasteiger partial charge < -0.3 is 16.0 Å². The average molecular weight is 349 g/mol. The van der Waals surface area contributed by atoms with Gasteiger partial charge >= 0.3 is 0 Å². The van der Waals surface area contributed by atoms with E-state index in [0.29, 0.717) is 22.9 Å². The van der Waals surface area contributed by atoms with Crippen LogP contribution in [0.2, 0.25) is 0 Å². The molecule has 2 heterocycles. The lowest BCUT2D eigenvalue weighted by atomic mass is 10.2. The first kappa shape index (κ1) is 17.1. The SMILES string of the molecule is CNC(=O)c1cnc(NC2=C=CC=C(F)C=N2)cc1Nc1ccccc1. The Kier molecular flexibility index (Phi) is 5.22.